The van der Waals surface area contributed by atoms with E-state index in [0.717, 1.165) is 47.2 Å². The fraction of sp³-hybridized carbons (Fsp3) is 0.192. The maximum absolute atomic E-state index is 3.80. The van der Waals surface area contributed by atoms with Gasteiger partial charge >= 0.3 is 0 Å². The van der Waals surface area contributed by atoms with Gasteiger partial charge in [0.2, 0.25) is 0 Å². The Morgan fingerprint density at radius 1 is 0.345 bits per heavy atom. The lowest BCUT2D eigenvalue weighted by atomic mass is 9.73. The Bertz CT molecular complexity index is 2460. The highest BCUT2D eigenvalue weighted by atomic mass is 79.9. The zero-order chi connectivity index (χ0) is 37.7. The monoisotopic (exact) mass is 778 g/mol. The van der Waals surface area contributed by atoms with Crippen molar-refractivity contribution in [3.8, 4) is 22.3 Å². The van der Waals surface area contributed by atoms with E-state index in [1.807, 2.05) is 0 Å². The second-order valence-corrected chi connectivity index (χ2v) is 16.1. The molecule has 0 heterocycles. The van der Waals surface area contributed by atoms with Gasteiger partial charge in [0.05, 0.1) is 0 Å². The summed E-state index contributed by atoms with van der Waals surface area (Å²) in [5.41, 5.74) is 18.0. The summed E-state index contributed by atoms with van der Waals surface area (Å²) in [6.45, 7) is 9.44. The Labute approximate surface area is 335 Å². The molecule has 2 aliphatic carbocycles. The van der Waals surface area contributed by atoms with Crippen molar-refractivity contribution in [2.45, 2.75) is 64.2 Å². The molecule has 0 aromatic heterocycles. The van der Waals surface area contributed by atoms with E-state index >= 15 is 0 Å². The molecule has 0 amide bonds. The second-order valence-electron chi connectivity index (χ2n) is 15.1. The summed E-state index contributed by atoms with van der Waals surface area (Å²) in [6, 6.07) is 60.9. The molecule has 0 unspecified atom stereocenters. The molecular weight excluding hydrogens is 732 g/mol. The van der Waals surface area contributed by atoms with E-state index in [4.69, 9.17) is 0 Å². The van der Waals surface area contributed by atoms with Crippen molar-refractivity contribution in [1.82, 2.24) is 0 Å². The fourth-order valence-electron chi connectivity index (χ4n) is 9.99. The normalized spacial score (nSPS) is 14.1. The molecule has 0 bridgehead atoms. The zero-order valence-corrected chi connectivity index (χ0v) is 33.8. The van der Waals surface area contributed by atoms with Gasteiger partial charge in [0, 0.05) is 49.4 Å². The van der Waals surface area contributed by atoms with E-state index in [0.29, 0.717) is 0 Å². The van der Waals surface area contributed by atoms with Crippen molar-refractivity contribution < 1.29 is 0 Å². The highest BCUT2D eigenvalue weighted by Crippen LogP contribution is 2.57. The van der Waals surface area contributed by atoms with Gasteiger partial charge in [0.25, 0.3) is 0 Å². The number of anilines is 6. The van der Waals surface area contributed by atoms with Crippen LogP contribution < -0.4 is 9.80 Å². The predicted octanol–water partition coefficient (Wildman–Crippen LogP) is 15.6. The van der Waals surface area contributed by atoms with E-state index in [1.165, 1.54) is 61.6 Å². The van der Waals surface area contributed by atoms with Crippen LogP contribution in [0.2, 0.25) is 0 Å². The zero-order valence-electron chi connectivity index (χ0n) is 32.2. The number of fused-ring (bicyclic) bond motifs is 6. The highest BCUT2D eigenvalue weighted by Gasteiger charge is 2.43. The first-order chi connectivity index (χ1) is 27.0. The molecule has 0 fully saturated rings. The summed E-state index contributed by atoms with van der Waals surface area (Å²) in [5.74, 6) is 0. The highest BCUT2D eigenvalue weighted by molar-refractivity contribution is 9.10. The van der Waals surface area contributed by atoms with Crippen LogP contribution in [0.4, 0.5) is 34.1 Å². The van der Waals surface area contributed by atoms with Crippen LogP contribution in [0.25, 0.3) is 22.3 Å². The van der Waals surface area contributed by atoms with E-state index in [2.05, 4.69) is 217 Å². The first-order valence-corrected chi connectivity index (χ1v) is 20.8. The first-order valence-electron chi connectivity index (χ1n) is 20.0. The van der Waals surface area contributed by atoms with Crippen LogP contribution in [0.1, 0.15) is 75.6 Å². The molecule has 0 aliphatic heterocycles. The molecule has 55 heavy (non-hydrogen) atoms. The minimum atomic E-state index is -0.120. The third kappa shape index (κ3) is 5.50. The summed E-state index contributed by atoms with van der Waals surface area (Å²) < 4.78 is 1.14. The van der Waals surface area contributed by atoms with E-state index < -0.39 is 0 Å². The Morgan fingerprint density at radius 3 is 0.964 bits per heavy atom. The molecule has 3 heteroatoms. The second kappa shape index (κ2) is 14.0. The Morgan fingerprint density at radius 2 is 0.636 bits per heavy atom. The van der Waals surface area contributed by atoms with Gasteiger partial charge in [-0.3, -0.25) is 0 Å². The summed E-state index contributed by atoms with van der Waals surface area (Å²) >= 11 is 3.80. The number of benzene rings is 7. The third-order valence-electron chi connectivity index (χ3n) is 12.9. The first kappa shape index (κ1) is 35.3. The average Bonchev–Trinajstić information content (AvgIpc) is 3.67. The van der Waals surface area contributed by atoms with Gasteiger partial charge in [0.1, 0.15) is 0 Å². The molecule has 272 valence electrons. The SMILES string of the molecule is CCC1(CC)c2cc(Br)ccc2-c2ccc(N(c3ccccc3)c3ccc4c(c3)C(CC)(CC)c3cc(N(c5ccccc5)c5ccccc5)ccc3-4)cc21. The van der Waals surface area contributed by atoms with Gasteiger partial charge in [-0.15, -0.1) is 0 Å². The van der Waals surface area contributed by atoms with Crippen LogP contribution in [0.3, 0.4) is 0 Å². The molecule has 0 N–H and O–H groups in total. The van der Waals surface area contributed by atoms with Crippen LogP contribution in [-0.4, -0.2) is 0 Å². The van der Waals surface area contributed by atoms with Crippen LogP contribution >= 0.6 is 15.9 Å². The summed E-state index contributed by atoms with van der Waals surface area (Å²) in [7, 11) is 0. The quantitative estimate of drug-likeness (QED) is 0.136. The molecule has 7 aromatic carbocycles. The lowest BCUT2D eigenvalue weighted by Crippen LogP contribution is -2.24. The van der Waals surface area contributed by atoms with Crippen LogP contribution in [-0.2, 0) is 10.8 Å². The van der Waals surface area contributed by atoms with Crippen LogP contribution in [0.15, 0.2) is 168 Å². The molecule has 2 nitrogen and oxygen atoms in total. The standard InChI is InChI=1S/C52H47BrN2/c1-5-51(6-2)47-32-36(53)24-28-43(47)44-30-26-41(34-48(44)51)55(39-22-16-11-17-23-39)42-27-31-46-45-29-25-40(33-49(45)52(7-3,8-4)50(46)35-42)54(37-18-12-9-13-19-37)38-20-14-10-15-21-38/h9-35H,5-8H2,1-4H3. The maximum atomic E-state index is 3.80. The molecule has 0 atom stereocenters. The number of halogens is 1. The molecule has 9 rings (SSSR count). The molecule has 0 saturated heterocycles. The van der Waals surface area contributed by atoms with Crippen LogP contribution in [0.5, 0.6) is 0 Å². The van der Waals surface area contributed by atoms with Crippen molar-refractivity contribution in [2.75, 3.05) is 9.80 Å². The smallest absolute Gasteiger partial charge is 0.0465 e. The van der Waals surface area contributed by atoms with Crippen molar-refractivity contribution in [3.05, 3.63) is 191 Å². The minimum Gasteiger partial charge on any atom is -0.310 e. The fourth-order valence-corrected chi connectivity index (χ4v) is 10.4. The Balaban J connectivity index is 1.19. The van der Waals surface area contributed by atoms with Gasteiger partial charge in [-0.1, -0.05) is 122 Å². The molecule has 7 aromatic rings. The van der Waals surface area contributed by atoms with E-state index in [1.54, 1.807) is 0 Å². The third-order valence-corrected chi connectivity index (χ3v) is 13.4. The summed E-state index contributed by atoms with van der Waals surface area (Å²) in [6.07, 6.45) is 4.13. The molecule has 0 spiro atoms. The number of nitrogens with zero attached hydrogens (tertiary/aromatic N) is 2. The lowest BCUT2D eigenvalue weighted by molar-refractivity contribution is 0.490. The topological polar surface area (TPSA) is 6.48 Å². The minimum absolute atomic E-state index is 0.0307. The Hall–Kier alpha value is -5.38. The number of rotatable bonds is 10. The van der Waals surface area contributed by atoms with Gasteiger partial charge in [-0.25, -0.2) is 0 Å². The predicted molar refractivity (Wildman–Crippen MR) is 237 cm³/mol. The number of hydrogen-bond donors (Lipinski definition) is 0. The lowest BCUT2D eigenvalue weighted by Gasteiger charge is -2.33. The van der Waals surface area contributed by atoms with Gasteiger partial charge in [0.15, 0.2) is 0 Å². The van der Waals surface area contributed by atoms with Gasteiger partial charge < -0.3 is 9.80 Å². The summed E-state index contributed by atoms with van der Waals surface area (Å²) in [5, 5.41) is 0. The van der Waals surface area contributed by atoms with Crippen molar-refractivity contribution in [3.63, 3.8) is 0 Å². The molecule has 2 aliphatic rings. The Kier molecular flexibility index (Phi) is 9.02. The average molecular weight is 780 g/mol. The van der Waals surface area contributed by atoms with Gasteiger partial charge in [-0.05, 0) is 155 Å². The van der Waals surface area contributed by atoms with Crippen molar-refractivity contribution >= 4 is 50.1 Å². The van der Waals surface area contributed by atoms with Crippen LogP contribution in [0, 0.1) is 0 Å². The molecular formula is C52H47BrN2. The van der Waals surface area contributed by atoms with E-state index in [-0.39, 0.29) is 10.8 Å². The summed E-state index contributed by atoms with van der Waals surface area (Å²) in [4.78, 5) is 4.87. The largest absolute Gasteiger partial charge is 0.310 e. The van der Waals surface area contributed by atoms with E-state index in [9.17, 15) is 0 Å². The maximum Gasteiger partial charge on any atom is 0.0465 e. The molecule has 0 saturated carbocycles. The number of hydrogen-bond acceptors (Lipinski definition) is 2. The van der Waals surface area contributed by atoms with Crippen molar-refractivity contribution in [1.29, 1.82) is 0 Å². The van der Waals surface area contributed by atoms with Crippen molar-refractivity contribution in [2.24, 2.45) is 0 Å². The van der Waals surface area contributed by atoms with Gasteiger partial charge in [-0.2, -0.15) is 0 Å². The molecule has 0 radical (unpaired) electrons. The number of para-hydroxylation sites is 3.